The van der Waals surface area contributed by atoms with Crippen LogP contribution in [0.1, 0.15) is 25.5 Å². The van der Waals surface area contributed by atoms with Crippen molar-refractivity contribution in [2.75, 3.05) is 30.4 Å². The number of nitrogens with one attached hydrogen (secondary N) is 1. The number of rotatable bonds is 6. The zero-order chi connectivity index (χ0) is 16.9. The molecule has 0 radical (unpaired) electrons. The minimum absolute atomic E-state index is 0.229. The fourth-order valence-corrected chi connectivity index (χ4v) is 2.88. The molecule has 1 atom stereocenters. The summed E-state index contributed by atoms with van der Waals surface area (Å²) in [5.41, 5.74) is 8.03. The Morgan fingerprint density at radius 3 is 2.71 bits per heavy atom. The molecule has 1 fully saturated rings. The predicted octanol–water partition coefficient (Wildman–Crippen LogP) is 2.72. The number of hydrogen-bond donors (Lipinski definition) is 2. The van der Waals surface area contributed by atoms with Crippen molar-refractivity contribution in [1.82, 2.24) is 9.97 Å². The lowest BCUT2D eigenvalue weighted by molar-refractivity contribution is 0.415. The van der Waals surface area contributed by atoms with Crippen LogP contribution in [0.2, 0.25) is 0 Å². The van der Waals surface area contributed by atoms with Gasteiger partial charge in [-0.25, -0.2) is 4.98 Å². The average molecular weight is 327 g/mol. The molecule has 1 aliphatic rings. The summed E-state index contributed by atoms with van der Waals surface area (Å²) in [7, 11) is 1.66. The Morgan fingerprint density at radius 1 is 1.29 bits per heavy atom. The van der Waals surface area contributed by atoms with Gasteiger partial charge in [0, 0.05) is 36.6 Å². The van der Waals surface area contributed by atoms with E-state index in [4.69, 9.17) is 10.5 Å². The third kappa shape index (κ3) is 3.94. The molecule has 1 aromatic carbocycles. The molecule has 1 aliphatic heterocycles. The minimum Gasteiger partial charge on any atom is -0.497 e. The van der Waals surface area contributed by atoms with Gasteiger partial charge in [-0.05, 0) is 37.1 Å². The summed E-state index contributed by atoms with van der Waals surface area (Å²) in [4.78, 5) is 11.6. The first-order valence-corrected chi connectivity index (χ1v) is 8.47. The molecular formula is C18H25N5O. The third-order valence-corrected chi connectivity index (χ3v) is 4.17. The van der Waals surface area contributed by atoms with E-state index in [1.54, 1.807) is 7.11 Å². The molecule has 3 rings (SSSR count). The number of nitrogens with two attached hydrogens (primary N) is 1. The molecule has 0 aliphatic carbocycles. The highest BCUT2D eigenvalue weighted by Gasteiger charge is 2.21. The van der Waals surface area contributed by atoms with Crippen LogP contribution in [0.3, 0.4) is 0 Å². The quantitative estimate of drug-likeness (QED) is 0.849. The van der Waals surface area contributed by atoms with Gasteiger partial charge in [0.2, 0.25) is 5.95 Å². The van der Waals surface area contributed by atoms with Crippen LogP contribution in [0, 0.1) is 0 Å². The Hall–Kier alpha value is -2.34. The number of ether oxygens (including phenoxy) is 1. The van der Waals surface area contributed by atoms with Crippen LogP contribution in [-0.2, 0) is 6.42 Å². The van der Waals surface area contributed by atoms with E-state index in [1.807, 2.05) is 24.3 Å². The van der Waals surface area contributed by atoms with Crippen LogP contribution >= 0.6 is 0 Å². The normalized spacial score (nSPS) is 17.1. The highest BCUT2D eigenvalue weighted by Crippen LogP contribution is 2.23. The summed E-state index contributed by atoms with van der Waals surface area (Å²) >= 11 is 0. The summed E-state index contributed by atoms with van der Waals surface area (Å²) in [6.45, 7) is 3.96. The second kappa shape index (κ2) is 7.49. The van der Waals surface area contributed by atoms with Crippen molar-refractivity contribution in [1.29, 1.82) is 0 Å². The summed E-state index contributed by atoms with van der Waals surface area (Å²) in [6, 6.07) is 10.1. The summed E-state index contributed by atoms with van der Waals surface area (Å²) in [6.07, 6.45) is 3.00. The zero-order valence-corrected chi connectivity index (χ0v) is 14.3. The van der Waals surface area contributed by atoms with Crippen molar-refractivity contribution in [3.63, 3.8) is 0 Å². The Balaban J connectivity index is 1.83. The topological polar surface area (TPSA) is 76.3 Å². The molecule has 2 heterocycles. The predicted molar refractivity (Wildman–Crippen MR) is 97.1 cm³/mol. The second-order valence-electron chi connectivity index (χ2n) is 6.14. The maximum Gasteiger partial charge on any atom is 0.229 e. The lowest BCUT2D eigenvalue weighted by Crippen LogP contribution is -2.27. The van der Waals surface area contributed by atoms with Crippen molar-refractivity contribution in [2.24, 2.45) is 5.73 Å². The maximum atomic E-state index is 6.04. The molecule has 6 heteroatoms. The summed E-state index contributed by atoms with van der Waals surface area (Å²) in [5, 5.41) is 3.29. The van der Waals surface area contributed by atoms with E-state index in [0.717, 1.165) is 55.3 Å². The van der Waals surface area contributed by atoms with Crippen LogP contribution < -0.4 is 20.7 Å². The van der Waals surface area contributed by atoms with Crippen molar-refractivity contribution in [3.05, 3.63) is 36.0 Å². The minimum atomic E-state index is 0.229. The molecule has 128 valence electrons. The van der Waals surface area contributed by atoms with E-state index < -0.39 is 0 Å². The summed E-state index contributed by atoms with van der Waals surface area (Å²) < 4.78 is 5.19. The number of aromatic nitrogens is 2. The maximum absolute atomic E-state index is 6.04. The molecule has 6 nitrogen and oxygen atoms in total. The van der Waals surface area contributed by atoms with Crippen LogP contribution in [0.5, 0.6) is 5.75 Å². The first kappa shape index (κ1) is 16.5. The monoisotopic (exact) mass is 327 g/mol. The number of aryl methyl sites for hydroxylation is 1. The third-order valence-electron chi connectivity index (χ3n) is 4.17. The van der Waals surface area contributed by atoms with Crippen molar-refractivity contribution < 1.29 is 4.74 Å². The van der Waals surface area contributed by atoms with Crippen LogP contribution in [0.25, 0.3) is 0 Å². The van der Waals surface area contributed by atoms with E-state index in [0.29, 0.717) is 5.95 Å². The van der Waals surface area contributed by atoms with Gasteiger partial charge in [-0.1, -0.05) is 13.3 Å². The van der Waals surface area contributed by atoms with Gasteiger partial charge in [-0.3, -0.25) is 0 Å². The van der Waals surface area contributed by atoms with Gasteiger partial charge >= 0.3 is 0 Å². The molecule has 0 spiro atoms. The fourth-order valence-electron chi connectivity index (χ4n) is 2.88. The lowest BCUT2D eigenvalue weighted by atomic mass is 10.2. The largest absolute Gasteiger partial charge is 0.497 e. The van der Waals surface area contributed by atoms with E-state index in [9.17, 15) is 0 Å². The van der Waals surface area contributed by atoms with Gasteiger partial charge < -0.3 is 20.7 Å². The standard InChI is InChI=1S/C18H25N5O/c1-3-4-15-11-17(23-10-9-13(19)12-23)22-18(21-15)20-14-5-7-16(24-2)8-6-14/h5-8,11,13H,3-4,9-10,12,19H2,1-2H3,(H,20,21,22)/t13-/m0/s1. The highest BCUT2D eigenvalue weighted by molar-refractivity contribution is 5.57. The molecule has 24 heavy (non-hydrogen) atoms. The van der Waals surface area contributed by atoms with Gasteiger partial charge in [0.15, 0.2) is 0 Å². The van der Waals surface area contributed by atoms with Crippen LogP contribution in [0.4, 0.5) is 17.5 Å². The molecule has 0 unspecified atom stereocenters. The second-order valence-corrected chi connectivity index (χ2v) is 6.14. The summed E-state index contributed by atoms with van der Waals surface area (Å²) in [5.74, 6) is 2.41. The highest BCUT2D eigenvalue weighted by atomic mass is 16.5. The van der Waals surface area contributed by atoms with E-state index >= 15 is 0 Å². The Morgan fingerprint density at radius 2 is 2.08 bits per heavy atom. The molecule has 3 N–H and O–H groups in total. The number of benzene rings is 1. The van der Waals surface area contributed by atoms with E-state index in [1.165, 1.54) is 0 Å². The SMILES string of the molecule is CCCc1cc(N2CC[C@H](N)C2)nc(Nc2ccc(OC)cc2)n1. The van der Waals surface area contributed by atoms with Gasteiger partial charge in [-0.2, -0.15) is 4.98 Å². The number of methoxy groups -OCH3 is 1. The van der Waals surface area contributed by atoms with E-state index in [-0.39, 0.29) is 6.04 Å². The van der Waals surface area contributed by atoms with E-state index in [2.05, 4.69) is 33.2 Å². The van der Waals surface area contributed by atoms with Gasteiger partial charge in [0.1, 0.15) is 11.6 Å². The molecule has 2 aromatic rings. The Bertz CT molecular complexity index is 674. The molecule has 1 aromatic heterocycles. The fraction of sp³-hybridized carbons (Fsp3) is 0.444. The van der Waals surface area contributed by atoms with Gasteiger partial charge in [0.25, 0.3) is 0 Å². The Labute approximate surface area is 143 Å². The van der Waals surface area contributed by atoms with Gasteiger partial charge in [0.05, 0.1) is 7.11 Å². The van der Waals surface area contributed by atoms with Crippen LogP contribution in [0.15, 0.2) is 30.3 Å². The number of anilines is 3. The lowest BCUT2D eigenvalue weighted by Gasteiger charge is -2.19. The number of hydrogen-bond acceptors (Lipinski definition) is 6. The van der Waals surface area contributed by atoms with Crippen molar-refractivity contribution in [2.45, 2.75) is 32.2 Å². The molecule has 0 amide bonds. The smallest absolute Gasteiger partial charge is 0.229 e. The van der Waals surface area contributed by atoms with Gasteiger partial charge in [-0.15, -0.1) is 0 Å². The molecule has 1 saturated heterocycles. The first-order valence-electron chi connectivity index (χ1n) is 8.47. The van der Waals surface area contributed by atoms with Crippen LogP contribution in [-0.4, -0.2) is 36.2 Å². The Kier molecular flexibility index (Phi) is 5.15. The molecule has 0 saturated carbocycles. The average Bonchev–Trinajstić information content (AvgIpc) is 3.02. The number of nitrogens with zero attached hydrogens (tertiary/aromatic N) is 3. The molecule has 0 bridgehead atoms. The van der Waals surface area contributed by atoms with Crippen molar-refractivity contribution >= 4 is 17.5 Å². The zero-order valence-electron chi connectivity index (χ0n) is 14.3. The van der Waals surface area contributed by atoms with Crippen molar-refractivity contribution in [3.8, 4) is 5.75 Å². The molecular weight excluding hydrogens is 302 g/mol. The first-order chi connectivity index (χ1) is 11.7.